The molecule has 8 heteroatoms. The summed E-state index contributed by atoms with van der Waals surface area (Å²) in [5.74, 6) is -0.767. The van der Waals surface area contributed by atoms with Crippen molar-refractivity contribution in [1.29, 1.82) is 0 Å². The summed E-state index contributed by atoms with van der Waals surface area (Å²) >= 11 is 1.42. The zero-order chi connectivity index (χ0) is 17.3. The van der Waals surface area contributed by atoms with Crippen LogP contribution in [-0.2, 0) is 17.7 Å². The average Bonchev–Trinajstić information content (AvgIpc) is 3.20. The van der Waals surface area contributed by atoms with Crippen molar-refractivity contribution in [3.05, 3.63) is 34.0 Å². The number of anilines is 1. The highest BCUT2D eigenvalue weighted by Gasteiger charge is 2.30. The molecule has 0 aliphatic carbocycles. The van der Waals surface area contributed by atoms with Gasteiger partial charge >= 0.3 is 5.97 Å². The first kappa shape index (κ1) is 16.7. The van der Waals surface area contributed by atoms with Gasteiger partial charge in [0.15, 0.2) is 0 Å². The number of carbonyl (C=O) groups is 2. The lowest BCUT2D eigenvalue weighted by Crippen LogP contribution is -2.35. The number of amides is 1. The molecule has 0 bridgehead atoms. The Morgan fingerprint density at radius 1 is 1.46 bits per heavy atom. The normalized spacial score (nSPS) is 14.5. The molecule has 1 N–H and O–H groups in total. The summed E-state index contributed by atoms with van der Waals surface area (Å²) in [5, 5.41) is 6.78. The van der Waals surface area contributed by atoms with E-state index in [9.17, 15) is 9.59 Å². The van der Waals surface area contributed by atoms with E-state index in [4.69, 9.17) is 9.26 Å². The fourth-order valence-electron chi connectivity index (χ4n) is 2.77. The molecule has 0 saturated carbocycles. The number of hydrogen-bond acceptors (Lipinski definition) is 7. The maximum atomic E-state index is 12.2. The minimum atomic E-state index is -0.433. The number of aromatic nitrogens is 1. The lowest BCUT2D eigenvalue weighted by molar-refractivity contribution is 0.0600. The molecule has 0 atom stereocenters. The topological polar surface area (TPSA) is 84.7 Å². The van der Waals surface area contributed by atoms with Crippen molar-refractivity contribution in [2.75, 3.05) is 19.0 Å². The van der Waals surface area contributed by atoms with Gasteiger partial charge in [-0.2, -0.15) is 0 Å². The highest BCUT2D eigenvalue weighted by molar-refractivity contribution is 7.17. The van der Waals surface area contributed by atoms with E-state index in [2.05, 4.69) is 29.2 Å². The van der Waals surface area contributed by atoms with E-state index in [1.807, 2.05) is 0 Å². The molecule has 1 aliphatic heterocycles. The zero-order valence-corrected chi connectivity index (χ0v) is 14.6. The van der Waals surface area contributed by atoms with Gasteiger partial charge in [0.2, 0.25) is 5.76 Å². The summed E-state index contributed by atoms with van der Waals surface area (Å²) in [6, 6.07) is 1.90. The van der Waals surface area contributed by atoms with Crippen LogP contribution in [-0.4, -0.2) is 41.6 Å². The molecule has 128 valence electrons. The van der Waals surface area contributed by atoms with Crippen LogP contribution in [0.1, 0.15) is 45.2 Å². The van der Waals surface area contributed by atoms with Crippen LogP contribution in [0.5, 0.6) is 0 Å². The van der Waals surface area contributed by atoms with E-state index < -0.39 is 11.9 Å². The van der Waals surface area contributed by atoms with Crippen LogP contribution in [0.25, 0.3) is 0 Å². The first-order chi connectivity index (χ1) is 11.5. The Balaban J connectivity index is 1.94. The van der Waals surface area contributed by atoms with Gasteiger partial charge in [-0.3, -0.25) is 9.69 Å². The SMILES string of the molecule is COC(=O)c1c(NC(=O)c2ccno2)sc2c1CCN(C(C)C)C2. The van der Waals surface area contributed by atoms with Gasteiger partial charge in [-0.05, 0) is 25.8 Å². The Hall–Kier alpha value is -2.19. The molecule has 0 aromatic carbocycles. The third kappa shape index (κ3) is 3.07. The summed E-state index contributed by atoms with van der Waals surface area (Å²) in [5.41, 5.74) is 1.42. The number of esters is 1. The second kappa shape index (κ2) is 6.74. The molecule has 0 spiro atoms. The summed E-state index contributed by atoms with van der Waals surface area (Å²) < 4.78 is 9.78. The third-order valence-corrected chi connectivity index (χ3v) is 5.23. The van der Waals surface area contributed by atoms with Gasteiger partial charge in [-0.25, -0.2) is 4.79 Å². The third-order valence-electron chi connectivity index (χ3n) is 4.09. The highest BCUT2D eigenvalue weighted by atomic mass is 32.1. The number of carbonyl (C=O) groups excluding carboxylic acids is 2. The number of nitrogens with one attached hydrogen (secondary N) is 1. The Morgan fingerprint density at radius 2 is 2.25 bits per heavy atom. The molecule has 1 aliphatic rings. The minimum Gasteiger partial charge on any atom is -0.465 e. The van der Waals surface area contributed by atoms with Gasteiger partial charge < -0.3 is 14.6 Å². The predicted octanol–water partition coefficient (Wildman–Crippen LogP) is 2.54. The fourth-order valence-corrected chi connectivity index (χ4v) is 4.02. The van der Waals surface area contributed by atoms with Crippen molar-refractivity contribution in [2.24, 2.45) is 0 Å². The number of nitrogens with zero attached hydrogens (tertiary/aromatic N) is 2. The second-order valence-electron chi connectivity index (χ2n) is 5.84. The fraction of sp³-hybridized carbons (Fsp3) is 0.438. The van der Waals surface area contributed by atoms with Crippen LogP contribution in [0, 0.1) is 0 Å². The van der Waals surface area contributed by atoms with Crippen molar-refractivity contribution in [1.82, 2.24) is 10.1 Å². The van der Waals surface area contributed by atoms with Crippen LogP contribution in [0.15, 0.2) is 16.8 Å². The van der Waals surface area contributed by atoms with Crippen molar-refractivity contribution in [3.8, 4) is 0 Å². The monoisotopic (exact) mass is 349 g/mol. The number of fused-ring (bicyclic) bond motifs is 1. The zero-order valence-electron chi connectivity index (χ0n) is 13.8. The molecule has 3 rings (SSSR count). The number of methoxy groups -OCH3 is 1. The number of hydrogen-bond donors (Lipinski definition) is 1. The predicted molar refractivity (Wildman–Crippen MR) is 89.4 cm³/mol. The molecular formula is C16H19N3O4S. The van der Waals surface area contributed by atoms with E-state index in [0.29, 0.717) is 16.6 Å². The second-order valence-corrected chi connectivity index (χ2v) is 6.95. The molecule has 7 nitrogen and oxygen atoms in total. The average molecular weight is 349 g/mol. The minimum absolute atomic E-state index is 0.0981. The van der Waals surface area contributed by atoms with Gasteiger partial charge in [0, 0.05) is 30.1 Å². The largest absolute Gasteiger partial charge is 0.465 e. The van der Waals surface area contributed by atoms with Crippen molar-refractivity contribution in [3.63, 3.8) is 0 Å². The van der Waals surface area contributed by atoms with Crippen LogP contribution >= 0.6 is 11.3 Å². The summed E-state index contributed by atoms with van der Waals surface area (Å²) in [4.78, 5) is 27.9. The number of thiophene rings is 1. The van der Waals surface area contributed by atoms with E-state index in [1.165, 1.54) is 30.7 Å². The molecule has 2 aromatic heterocycles. The molecule has 2 aromatic rings. The first-order valence-corrected chi connectivity index (χ1v) is 8.51. The summed E-state index contributed by atoms with van der Waals surface area (Å²) in [6.45, 7) is 5.93. The molecule has 3 heterocycles. The van der Waals surface area contributed by atoms with Crippen LogP contribution in [0.4, 0.5) is 5.00 Å². The maximum absolute atomic E-state index is 12.2. The molecule has 0 saturated heterocycles. The smallest absolute Gasteiger partial charge is 0.341 e. The van der Waals surface area contributed by atoms with Gasteiger partial charge in [0.05, 0.1) is 18.9 Å². The van der Waals surface area contributed by atoms with Crippen LogP contribution in [0.2, 0.25) is 0 Å². The van der Waals surface area contributed by atoms with Crippen molar-refractivity contribution < 1.29 is 18.8 Å². The van der Waals surface area contributed by atoms with E-state index in [-0.39, 0.29) is 5.76 Å². The molecular weight excluding hydrogens is 330 g/mol. The van der Waals surface area contributed by atoms with Gasteiger partial charge in [0.1, 0.15) is 5.00 Å². The lowest BCUT2D eigenvalue weighted by atomic mass is 10.0. The molecule has 0 unspecified atom stereocenters. The Bertz CT molecular complexity index is 752. The van der Waals surface area contributed by atoms with E-state index in [1.54, 1.807) is 0 Å². The quantitative estimate of drug-likeness (QED) is 0.854. The van der Waals surface area contributed by atoms with E-state index in [0.717, 1.165) is 30.0 Å². The van der Waals surface area contributed by atoms with Crippen molar-refractivity contribution in [2.45, 2.75) is 32.9 Å². The molecule has 24 heavy (non-hydrogen) atoms. The Kier molecular flexibility index (Phi) is 4.68. The van der Waals surface area contributed by atoms with Gasteiger partial charge in [-0.1, -0.05) is 5.16 Å². The Labute approximate surface area is 143 Å². The van der Waals surface area contributed by atoms with Crippen LogP contribution in [0.3, 0.4) is 0 Å². The lowest BCUT2D eigenvalue weighted by Gasteiger charge is -2.30. The van der Waals surface area contributed by atoms with Gasteiger partial charge in [-0.15, -0.1) is 11.3 Å². The van der Waals surface area contributed by atoms with Crippen molar-refractivity contribution >= 4 is 28.2 Å². The standard InChI is InChI=1S/C16H19N3O4S/c1-9(2)19-7-5-10-12(8-19)24-15(13(10)16(21)22-3)18-14(20)11-4-6-17-23-11/h4,6,9H,5,7-8H2,1-3H3,(H,18,20). The van der Waals surface area contributed by atoms with Gasteiger partial charge in [0.25, 0.3) is 5.91 Å². The van der Waals surface area contributed by atoms with Crippen LogP contribution < -0.4 is 5.32 Å². The Morgan fingerprint density at radius 3 is 2.88 bits per heavy atom. The highest BCUT2D eigenvalue weighted by Crippen LogP contribution is 2.38. The first-order valence-electron chi connectivity index (χ1n) is 7.70. The molecule has 0 fully saturated rings. The van der Waals surface area contributed by atoms with E-state index >= 15 is 0 Å². The number of ether oxygens (including phenoxy) is 1. The molecule has 0 radical (unpaired) electrons. The number of rotatable bonds is 4. The summed E-state index contributed by atoms with van der Waals surface area (Å²) in [6.07, 6.45) is 2.16. The maximum Gasteiger partial charge on any atom is 0.341 e. The summed E-state index contributed by atoms with van der Waals surface area (Å²) in [7, 11) is 1.34. The molecule has 1 amide bonds.